The molecule has 1 aromatic carbocycles. The highest BCUT2D eigenvalue weighted by Crippen LogP contribution is 2.21. The molecule has 0 spiro atoms. The number of ether oxygens (including phenoxy) is 1. The van der Waals surface area contributed by atoms with E-state index in [9.17, 15) is 0 Å². The molecule has 0 aromatic heterocycles. The van der Waals surface area contributed by atoms with E-state index in [0.29, 0.717) is 5.37 Å². The first kappa shape index (κ1) is 11.0. The van der Waals surface area contributed by atoms with E-state index >= 15 is 0 Å². The molecule has 82 valence electrons. The molecule has 2 nitrogen and oxygen atoms in total. The largest absolute Gasteiger partial charge is 0.379 e. The summed E-state index contributed by atoms with van der Waals surface area (Å²) in [5.41, 5.74) is 1.35. The fourth-order valence-electron chi connectivity index (χ4n) is 1.85. The highest BCUT2D eigenvalue weighted by molar-refractivity contribution is 8.00. The zero-order valence-electron chi connectivity index (χ0n) is 8.98. The molecular formula is C12H17NOS. The second-order valence-corrected chi connectivity index (χ2v) is 4.96. The zero-order chi connectivity index (χ0) is 10.5. The average Bonchev–Trinajstić information content (AvgIpc) is 2.81. The van der Waals surface area contributed by atoms with Crippen LogP contribution in [0.2, 0.25) is 0 Å². The lowest BCUT2D eigenvalue weighted by Gasteiger charge is -2.21. The van der Waals surface area contributed by atoms with Crippen molar-refractivity contribution in [3.05, 3.63) is 35.9 Å². The topological polar surface area (TPSA) is 21.3 Å². The van der Waals surface area contributed by atoms with Gasteiger partial charge in [-0.3, -0.25) is 0 Å². The van der Waals surface area contributed by atoms with Crippen molar-refractivity contribution in [1.82, 2.24) is 5.32 Å². The van der Waals surface area contributed by atoms with Gasteiger partial charge < -0.3 is 10.1 Å². The van der Waals surface area contributed by atoms with E-state index in [4.69, 9.17) is 4.74 Å². The molecule has 2 rings (SSSR count). The molecule has 3 heteroatoms. The summed E-state index contributed by atoms with van der Waals surface area (Å²) in [4.78, 5) is 0. The van der Waals surface area contributed by atoms with Gasteiger partial charge in [0, 0.05) is 25.8 Å². The smallest absolute Gasteiger partial charge is 0.0857 e. The molecule has 1 aliphatic heterocycles. The third kappa shape index (κ3) is 2.97. The van der Waals surface area contributed by atoms with Crippen molar-refractivity contribution in [2.75, 3.05) is 19.4 Å². The van der Waals surface area contributed by atoms with E-state index in [2.05, 4.69) is 29.6 Å². The molecule has 1 aliphatic rings. The van der Waals surface area contributed by atoms with Crippen LogP contribution in [0.25, 0.3) is 0 Å². The van der Waals surface area contributed by atoms with Crippen LogP contribution in [0.15, 0.2) is 30.3 Å². The molecular weight excluding hydrogens is 206 g/mol. The lowest BCUT2D eigenvalue weighted by molar-refractivity contribution is 0.0952. The highest BCUT2D eigenvalue weighted by Gasteiger charge is 2.24. The second kappa shape index (κ2) is 5.54. The van der Waals surface area contributed by atoms with E-state index in [1.807, 2.05) is 17.8 Å². The average molecular weight is 223 g/mol. The Kier molecular flexibility index (Phi) is 4.06. The molecule has 0 amide bonds. The van der Waals surface area contributed by atoms with Gasteiger partial charge in [0.2, 0.25) is 0 Å². The fourth-order valence-corrected chi connectivity index (χ4v) is 2.99. The molecule has 1 saturated heterocycles. The third-order valence-corrected chi connectivity index (χ3v) is 3.93. The van der Waals surface area contributed by atoms with Gasteiger partial charge in [0.1, 0.15) is 0 Å². The van der Waals surface area contributed by atoms with Crippen LogP contribution >= 0.6 is 11.8 Å². The van der Waals surface area contributed by atoms with Crippen LogP contribution in [0.4, 0.5) is 0 Å². The van der Waals surface area contributed by atoms with Gasteiger partial charge in [-0.1, -0.05) is 30.3 Å². The standard InChI is InChI=1S/C12H17NOS/c1-14-11(12-13-7-8-15-12)9-10-5-3-2-4-6-10/h2-6,11-13H,7-9H2,1H3. The van der Waals surface area contributed by atoms with Crippen LogP contribution in [-0.2, 0) is 11.2 Å². The van der Waals surface area contributed by atoms with Crippen LogP contribution in [0.3, 0.4) is 0 Å². The minimum absolute atomic E-state index is 0.278. The van der Waals surface area contributed by atoms with Crippen molar-refractivity contribution in [2.45, 2.75) is 17.9 Å². The van der Waals surface area contributed by atoms with Crippen molar-refractivity contribution in [3.8, 4) is 0 Å². The normalized spacial score (nSPS) is 22.9. The molecule has 15 heavy (non-hydrogen) atoms. The summed E-state index contributed by atoms with van der Waals surface area (Å²) in [7, 11) is 1.80. The number of hydrogen-bond donors (Lipinski definition) is 1. The summed E-state index contributed by atoms with van der Waals surface area (Å²) >= 11 is 1.96. The van der Waals surface area contributed by atoms with E-state index in [0.717, 1.165) is 13.0 Å². The van der Waals surface area contributed by atoms with Crippen LogP contribution in [0, 0.1) is 0 Å². The van der Waals surface area contributed by atoms with Gasteiger partial charge in [0.05, 0.1) is 11.5 Å². The minimum atomic E-state index is 0.278. The summed E-state index contributed by atoms with van der Waals surface area (Å²) in [5, 5.41) is 3.92. The Morgan fingerprint density at radius 1 is 1.47 bits per heavy atom. The molecule has 0 saturated carbocycles. The first-order chi connectivity index (χ1) is 7.40. The van der Waals surface area contributed by atoms with Gasteiger partial charge in [-0.2, -0.15) is 0 Å². The molecule has 0 bridgehead atoms. The summed E-state index contributed by atoms with van der Waals surface area (Å²) in [6, 6.07) is 10.5. The number of thioether (sulfide) groups is 1. The Balaban J connectivity index is 1.96. The Morgan fingerprint density at radius 3 is 2.87 bits per heavy atom. The highest BCUT2D eigenvalue weighted by atomic mass is 32.2. The van der Waals surface area contributed by atoms with E-state index in [1.165, 1.54) is 11.3 Å². The maximum atomic E-state index is 5.55. The monoisotopic (exact) mass is 223 g/mol. The SMILES string of the molecule is COC(Cc1ccccc1)C1NCCS1. The van der Waals surface area contributed by atoms with Gasteiger partial charge >= 0.3 is 0 Å². The Bertz CT molecular complexity index is 285. The van der Waals surface area contributed by atoms with Gasteiger partial charge in [-0.05, 0) is 5.56 Å². The van der Waals surface area contributed by atoms with Crippen molar-refractivity contribution in [1.29, 1.82) is 0 Å². The predicted molar refractivity (Wildman–Crippen MR) is 65.2 cm³/mol. The Morgan fingerprint density at radius 2 is 2.27 bits per heavy atom. The lowest BCUT2D eigenvalue weighted by atomic mass is 10.1. The molecule has 1 aromatic rings. The van der Waals surface area contributed by atoms with Gasteiger partial charge in [-0.15, -0.1) is 11.8 Å². The molecule has 0 radical (unpaired) electrons. The summed E-state index contributed by atoms with van der Waals surface area (Å²) in [5.74, 6) is 1.19. The second-order valence-electron chi connectivity index (χ2n) is 3.71. The van der Waals surface area contributed by atoms with E-state index < -0.39 is 0 Å². The molecule has 0 aliphatic carbocycles. The number of nitrogens with one attached hydrogen (secondary N) is 1. The van der Waals surface area contributed by atoms with Crippen LogP contribution < -0.4 is 5.32 Å². The third-order valence-electron chi connectivity index (χ3n) is 2.67. The number of rotatable bonds is 4. The Hall–Kier alpha value is -0.510. The number of hydrogen-bond acceptors (Lipinski definition) is 3. The van der Waals surface area contributed by atoms with Gasteiger partial charge in [0.15, 0.2) is 0 Å². The summed E-state index contributed by atoms with van der Waals surface area (Å²) in [6.45, 7) is 1.10. The number of methoxy groups -OCH3 is 1. The van der Waals surface area contributed by atoms with Gasteiger partial charge in [-0.25, -0.2) is 0 Å². The number of benzene rings is 1. The van der Waals surface area contributed by atoms with Crippen LogP contribution in [0.5, 0.6) is 0 Å². The fraction of sp³-hybridized carbons (Fsp3) is 0.500. The maximum Gasteiger partial charge on any atom is 0.0857 e. The van der Waals surface area contributed by atoms with Crippen LogP contribution in [-0.4, -0.2) is 30.9 Å². The molecule has 2 unspecified atom stereocenters. The van der Waals surface area contributed by atoms with Crippen molar-refractivity contribution in [3.63, 3.8) is 0 Å². The van der Waals surface area contributed by atoms with Crippen LogP contribution in [0.1, 0.15) is 5.56 Å². The molecule has 1 heterocycles. The molecule has 2 atom stereocenters. The lowest BCUT2D eigenvalue weighted by Crippen LogP contribution is -2.35. The van der Waals surface area contributed by atoms with E-state index in [1.54, 1.807) is 7.11 Å². The molecule has 1 fully saturated rings. The van der Waals surface area contributed by atoms with Gasteiger partial charge in [0.25, 0.3) is 0 Å². The summed E-state index contributed by atoms with van der Waals surface area (Å²) in [6.07, 6.45) is 1.27. The quantitative estimate of drug-likeness (QED) is 0.842. The van der Waals surface area contributed by atoms with Crippen molar-refractivity contribution >= 4 is 11.8 Å². The van der Waals surface area contributed by atoms with Crippen molar-refractivity contribution in [2.24, 2.45) is 0 Å². The zero-order valence-corrected chi connectivity index (χ0v) is 9.80. The summed E-state index contributed by atoms with van der Waals surface area (Å²) < 4.78 is 5.55. The molecule has 1 N–H and O–H groups in total. The maximum absolute atomic E-state index is 5.55. The first-order valence-electron chi connectivity index (χ1n) is 5.32. The first-order valence-corrected chi connectivity index (χ1v) is 6.37. The predicted octanol–water partition coefficient (Wildman–Crippen LogP) is 1.91. The minimum Gasteiger partial charge on any atom is -0.379 e. The Labute approximate surface area is 95.4 Å². The van der Waals surface area contributed by atoms with Crippen molar-refractivity contribution < 1.29 is 4.74 Å². The van der Waals surface area contributed by atoms with E-state index in [-0.39, 0.29) is 6.10 Å².